The highest BCUT2D eigenvalue weighted by Crippen LogP contribution is 2.34. The number of carboxylic acids is 1. The summed E-state index contributed by atoms with van der Waals surface area (Å²) in [6.07, 6.45) is 0.517. The number of ketones is 1. The number of carbonyl (C=O) groups excluding carboxylic acids is 1. The minimum Gasteiger partial charge on any atom is -0.481 e. The van der Waals surface area contributed by atoms with Crippen LogP contribution < -0.4 is 0 Å². The summed E-state index contributed by atoms with van der Waals surface area (Å²) in [6, 6.07) is 1.63. The maximum absolute atomic E-state index is 11.5. The SMILES string of the molecule is O=C1CC(C(=O)O)Cc2sc(Cl)cc21. The van der Waals surface area contributed by atoms with Gasteiger partial charge in [0.15, 0.2) is 5.78 Å². The minimum atomic E-state index is -0.909. The Labute approximate surface area is 89.3 Å². The lowest BCUT2D eigenvalue weighted by molar-refractivity contribution is -0.141. The van der Waals surface area contributed by atoms with E-state index in [1.807, 2.05) is 0 Å². The Hall–Kier alpha value is -0.870. The van der Waals surface area contributed by atoms with Gasteiger partial charge in [0, 0.05) is 16.9 Å². The summed E-state index contributed by atoms with van der Waals surface area (Å²) in [4.78, 5) is 23.0. The summed E-state index contributed by atoms with van der Waals surface area (Å²) in [5, 5.41) is 8.81. The van der Waals surface area contributed by atoms with Crippen molar-refractivity contribution in [1.82, 2.24) is 0 Å². The molecule has 2 rings (SSSR count). The van der Waals surface area contributed by atoms with E-state index in [1.54, 1.807) is 6.07 Å². The van der Waals surface area contributed by atoms with Crippen LogP contribution in [0.5, 0.6) is 0 Å². The van der Waals surface area contributed by atoms with Crippen molar-refractivity contribution in [3.63, 3.8) is 0 Å². The first kappa shape index (κ1) is 9.68. The van der Waals surface area contributed by atoms with E-state index in [2.05, 4.69) is 0 Å². The number of carbonyl (C=O) groups is 2. The summed E-state index contributed by atoms with van der Waals surface area (Å²) >= 11 is 7.06. The van der Waals surface area contributed by atoms with Gasteiger partial charge in [0.05, 0.1) is 10.3 Å². The average Bonchev–Trinajstić information content (AvgIpc) is 2.45. The predicted molar refractivity (Wildman–Crippen MR) is 53.1 cm³/mol. The zero-order valence-corrected chi connectivity index (χ0v) is 8.69. The van der Waals surface area contributed by atoms with Crippen molar-refractivity contribution in [2.75, 3.05) is 0 Å². The van der Waals surface area contributed by atoms with Crippen LogP contribution in [-0.2, 0) is 11.2 Å². The number of rotatable bonds is 1. The molecule has 1 aromatic rings. The molecular weight excluding hydrogens is 224 g/mol. The maximum Gasteiger partial charge on any atom is 0.307 e. The second kappa shape index (κ2) is 3.37. The summed E-state index contributed by atoms with van der Waals surface area (Å²) in [7, 11) is 0. The normalized spacial score (nSPS) is 20.6. The van der Waals surface area contributed by atoms with Crippen LogP contribution >= 0.6 is 22.9 Å². The van der Waals surface area contributed by atoms with E-state index < -0.39 is 11.9 Å². The van der Waals surface area contributed by atoms with Gasteiger partial charge in [-0.15, -0.1) is 11.3 Å². The number of aliphatic carboxylic acids is 1. The summed E-state index contributed by atoms with van der Waals surface area (Å²) in [6.45, 7) is 0. The molecule has 0 saturated carbocycles. The first-order valence-electron chi connectivity index (χ1n) is 4.12. The number of fused-ring (bicyclic) bond motifs is 1. The molecule has 0 bridgehead atoms. The molecule has 3 nitrogen and oxygen atoms in total. The van der Waals surface area contributed by atoms with Crippen molar-refractivity contribution in [1.29, 1.82) is 0 Å². The first-order chi connectivity index (χ1) is 6.58. The molecule has 0 aromatic carbocycles. The molecule has 0 spiro atoms. The third-order valence-electron chi connectivity index (χ3n) is 2.29. The highest BCUT2D eigenvalue weighted by atomic mass is 35.5. The van der Waals surface area contributed by atoms with Crippen molar-refractivity contribution < 1.29 is 14.7 Å². The maximum atomic E-state index is 11.5. The van der Waals surface area contributed by atoms with Gasteiger partial charge < -0.3 is 5.11 Å². The molecule has 14 heavy (non-hydrogen) atoms. The van der Waals surface area contributed by atoms with Crippen LogP contribution in [0.2, 0.25) is 4.34 Å². The van der Waals surface area contributed by atoms with Gasteiger partial charge in [-0.25, -0.2) is 0 Å². The molecule has 0 radical (unpaired) electrons. The van der Waals surface area contributed by atoms with Gasteiger partial charge in [-0.1, -0.05) is 11.6 Å². The van der Waals surface area contributed by atoms with E-state index in [9.17, 15) is 9.59 Å². The van der Waals surface area contributed by atoms with Crippen LogP contribution in [-0.4, -0.2) is 16.9 Å². The smallest absolute Gasteiger partial charge is 0.307 e. The van der Waals surface area contributed by atoms with Gasteiger partial charge in [0.2, 0.25) is 0 Å². The molecule has 1 aromatic heterocycles. The first-order valence-corrected chi connectivity index (χ1v) is 5.31. The second-order valence-corrected chi connectivity index (χ2v) is 5.02. The Morgan fingerprint density at radius 3 is 2.93 bits per heavy atom. The van der Waals surface area contributed by atoms with Crippen LogP contribution in [0.4, 0.5) is 0 Å². The largest absolute Gasteiger partial charge is 0.481 e. The summed E-state index contributed by atoms with van der Waals surface area (Å²) in [5.41, 5.74) is 0.609. The lowest BCUT2D eigenvalue weighted by atomic mass is 9.88. The van der Waals surface area contributed by atoms with Gasteiger partial charge in [-0.2, -0.15) is 0 Å². The Bertz CT molecular complexity index is 410. The van der Waals surface area contributed by atoms with Crippen LogP contribution in [0.15, 0.2) is 6.07 Å². The monoisotopic (exact) mass is 230 g/mol. The predicted octanol–water partition coefficient (Wildman–Crippen LogP) is 2.23. The molecule has 1 atom stereocenters. The van der Waals surface area contributed by atoms with E-state index in [4.69, 9.17) is 16.7 Å². The zero-order chi connectivity index (χ0) is 10.3. The van der Waals surface area contributed by atoms with Crippen molar-refractivity contribution in [2.24, 2.45) is 5.92 Å². The highest BCUT2D eigenvalue weighted by molar-refractivity contribution is 7.16. The number of carboxylic acid groups (broad SMARTS) is 1. The third kappa shape index (κ3) is 1.55. The van der Waals surface area contributed by atoms with Crippen LogP contribution in [0.25, 0.3) is 0 Å². The number of halogens is 1. The van der Waals surface area contributed by atoms with E-state index in [1.165, 1.54) is 11.3 Å². The number of hydrogen-bond donors (Lipinski definition) is 1. The number of hydrogen-bond acceptors (Lipinski definition) is 3. The topological polar surface area (TPSA) is 54.4 Å². The van der Waals surface area contributed by atoms with Gasteiger partial charge >= 0.3 is 5.97 Å². The fourth-order valence-electron chi connectivity index (χ4n) is 1.59. The average molecular weight is 231 g/mol. The molecule has 0 aliphatic heterocycles. The van der Waals surface area contributed by atoms with Crippen molar-refractivity contribution in [2.45, 2.75) is 12.8 Å². The molecule has 74 valence electrons. The lowest BCUT2D eigenvalue weighted by Gasteiger charge is -2.16. The fourth-order valence-corrected chi connectivity index (χ4v) is 2.96. The Morgan fingerprint density at radius 2 is 2.29 bits per heavy atom. The lowest BCUT2D eigenvalue weighted by Crippen LogP contribution is -2.24. The molecule has 0 saturated heterocycles. The third-order valence-corrected chi connectivity index (χ3v) is 3.58. The van der Waals surface area contributed by atoms with Crippen molar-refractivity contribution in [3.8, 4) is 0 Å². The van der Waals surface area contributed by atoms with Crippen LogP contribution in [0, 0.1) is 5.92 Å². The molecule has 1 unspecified atom stereocenters. The number of thiophene rings is 1. The van der Waals surface area contributed by atoms with Crippen LogP contribution in [0.1, 0.15) is 21.7 Å². The second-order valence-electron chi connectivity index (χ2n) is 3.25. The molecule has 1 aliphatic rings. The van der Waals surface area contributed by atoms with Crippen LogP contribution in [0.3, 0.4) is 0 Å². The minimum absolute atomic E-state index is 0.0927. The van der Waals surface area contributed by atoms with Crippen molar-refractivity contribution in [3.05, 3.63) is 20.8 Å². The fraction of sp³-hybridized carbons (Fsp3) is 0.333. The molecule has 0 fully saturated rings. The number of Topliss-reactive ketones (excluding diaryl/α,β-unsaturated/α-hetero) is 1. The Balaban J connectivity index is 2.37. The summed E-state index contributed by atoms with van der Waals surface area (Å²) < 4.78 is 0.550. The Morgan fingerprint density at radius 1 is 1.57 bits per heavy atom. The van der Waals surface area contributed by atoms with E-state index in [-0.39, 0.29) is 12.2 Å². The molecule has 5 heteroatoms. The standard InChI is InChI=1S/C9H7ClO3S/c10-8-3-5-6(11)1-4(9(12)13)2-7(5)14-8/h3-4H,1-2H2,(H,12,13). The van der Waals surface area contributed by atoms with Gasteiger partial charge in [-0.05, 0) is 12.5 Å². The summed E-state index contributed by atoms with van der Waals surface area (Å²) in [5.74, 6) is -1.60. The van der Waals surface area contributed by atoms with Gasteiger partial charge in [0.1, 0.15) is 0 Å². The zero-order valence-electron chi connectivity index (χ0n) is 7.12. The molecular formula is C9H7ClO3S. The van der Waals surface area contributed by atoms with Gasteiger partial charge in [-0.3, -0.25) is 9.59 Å². The quantitative estimate of drug-likeness (QED) is 0.805. The molecule has 1 N–H and O–H groups in total. The van der Waals surface area contributed by atoms with E-state index >= 15 is 0 Å². The van der Waals surface area contributed by atoms with Gasteiger partial charge in [0.25, 0.3) is 0 Å². The van der Waals surface area contributed by atoms with Crippen molar-refractivity contribution >= 4 is 34.7 Å². The van der Waals surface area contributed by atoms with E-state index in [0.717, 1.165) is 4.88 Å². The molecule has 1 aliphatic carbocycles. The van der Waals surface area contributed by atoms with E-state index in [0.29, 0.717) is 16.3 Å². The molecule has 1 heterocycles. The Kier molecular flexibility index (Phi) is 2.33. The molecule has 0 amide bonds. The highest BCUT2D eigenvalue weighted by Gasteiger charge is 2.31.